The zero-order valence-electron chi connectivity index (χ0n) is 17.2. The maximum atomic E-state index is 12.9. The Morgan fingerprint density at radius 1 is 1.16 bits per heavy atom. The van der Waals surface area contributed by atoms with Crippen molar-refractivity contribution in [3.05, 3.63) is 53.1 Å². The van der Waals surface area contributed by atoms with Gasteiger partial charge >= 0.3 is 6.18 Å². The summed E-state index contributed by atoms with van der Waals surface area (Å²) >= 11 is 0. The van der Waals surface area contributed by atoms with Crippen molar-refractivity contribution in [2.45, 2.75) is 38.6 Å². The van der Waals surface area contributed by atoms with Crippen molar-refractivity contribution in [2.24, 2.45) is 0 Å². The Hall–Kier alpha value is -3.45. The Kier molecular flexibility index (Phi) is 6.10. The maximum Gasteiger partial charge on any atom is 0.433 e. The summed E-state index contributed by atoms with van der Waals surface area (Å²) in [5, 5.41) is 13.1. The molecule has 7 nitrogen and oxygen atoms in total. The molecule has 4 rings (SSSR count). The third kappa shape index (κ3) is 5.23. The Balaban J connectivity index is 1.57. The number of anilines is 1. The first-order valence-corrected chi connectivity index (χ1v) is 10.1. The van der Waals surface area contributed by atoms with Gasteiger partial charge in [-0.2, -0.15) is 18.4 Å². The van der Waals surface area contributed by atoms with Crippen LogP contribution in [0.1, 0.15) is 35.6 Å². The summed E-state index contributed by atoms with van der Waals surface area (Å²) in [4.78, 5) is 12.4. The van der Waals surface area contributed by atoms with E-state index in [1.54, 1.807) is 19.1 Å². The van der Waals surface area contributed by atoms with Crippen molar-refractivity contribution >= 4 is 16.7 Å². The fourth-order valence-electron chi connectivity index (χ4n) is 3.12. The SMILES string of the molecule is Cc1nc(NCc2cccc(C(F)(F)F)n2)c2cc(OCCOC3CC3)c(C#N)cc2n1. The topological polar surface area (TPSA) is 93.0 Å². The zero-order valence-corrected chi connectivity index (χ0v) is 17.2. The van der Waals surface area contributed by atoms with Crippen LogP contribution in [0.25, 0.3) is 10.9 Å². The molecule has 2 heterocycles. The maximum absolute atomic E-state index is 12.9. The van der Waals surface area contributed by atoms with E-state index in [2.05, 4.69) is 26.3 Å². The van der Waals surface area contributed by atoms with Gasteiger partial charge in [-0.15, -0.1) is 0 Å². The number of benzene rings is 1. The summed E-state index contributed by atoms with van der Waals surface area (Å²) < 4.78 is 50.1. The van der Waals surface area contributed by atoms with Gasteiger partial charge in [-0.3, -0.25) is 0 Å². The van der Waals surface area contributed by atoms with Crippen LogP contribution < -0.4 is 10.1 Å². The highest BCUT2D eigenvalue weighted by atomic mass is 19.4. The minimum Gasteiger partial charge on any atom is -0.490 e. The molecule has 0 atom stereocenters. The summed E-state index contributed by atoms with van der Waals surface area (Å²) in [5.74, 6) is 1.23. The van der Waals surface area contributed by atoms with Crippen LogP contribution in [0.3, 0.4) is 0 Å². The minimum absolute atomic E-state index is 0.0287. The van der Waals surface area contributed by atoms with Crippen molar-refractivity contribution in [3.63, 3.8) is 0 Å². The molecule has 166 valence electrons. The molecule has 1 fully saturated rings. The molecule has 2 aromatic heterocycles. The number of nitrogens with one attached hydrogen (secondary N) is 1. The van der Waals surface area contributed by atoms with E-state index in [1.807, 2.05) is 0 Å². The van der Waals surface area contributed by atoms with E-state index < -0.39 is 11.9 Å². The summed E-state index contributed by atoms with van der Waals surface area (Å²) in [7, 11) is 0. The second-order valence-corrected chi connectivity index (χ2v) is 7.38. The van der Waals surface area contributed by atoms with E-state index in [0.717, 1.165) is 18.9 Å². The number of halogens is 3. The molecule has 1 saturated carbocycles. The number of alkyl halides is 3. The van der Waals surface area contributed by atoms with Crippen LogP contribution in [0.5, 0.6) is 5.75 Å². The van der Waals surface area contributed by atoms with E-state index in [4.69, 9.17) is 9.47 Å². The lowest BCUT2D eigenvalue weighted by molar-refractivity contribution is -0.141. The molecule has 0 radical (unpaired) electrons. The average molecular weight is 443 g/mol. The Labute approximate surface area is 182 Å². The Bertz CT molecular complexity index is 1170. The van der Waals surface area contributed by atoms with Gasteiger partial charge in [0, 0.05) is 5.39 Å². The standard InChI is InChI=1S/C22H20F3N5O2/c1-13-28-18-9-14(11-26)19(32-8-7-31-16-5-6-16)10-17(18)21(29-13)27-12-15-3-2-4-20(30-15)22(23,24)25/h2-4,9-10,16H,5-8,12H2,1H3,(H,27,28,29). The third-order valence-corrected chi connectivity index (χ3v) is 4.78. The van der Waals surface area contributed by atoms with Crippen molar-refractivity contribution in [1.29, 1.82) is 5.26 Å². The van der Waals surface area contributed by atoms with Gasteiger partial charge in [-0.05, 0) is 44.0 Å². The van der Waals surface area contributed by atoms with E-state index in [9.17, 15) is 18.4 Å². The molecule has 3 aromatic rings. The van der Waals surface area contributed by atoms with Crippen molar-refractivity contribution in [2.75, 3.05) is 18.5 Å². The number of hydrogen-bond donors (Lipinski definition) is 1. The first-order chi connectivity index (χ1) is 15.3. The molecule has 0 unspecified atom stereocenters. The zero-order chi connectivity index (χ0) is 22.7. The highest BCUT2D eigenvalue weighted by Gasteiger charge is 2.32. The monoisotopic (exact) mass is 443 g/mol. The van der Waals surface area contributed by atoms with Gasteiger partial charge in [0.05, 0.1) is 36.0 Å². The summed E-state index contributed by atoms with van der Waals surface area (Å²) in [6, 6.07) is 9.10. The predicted octanol–water partition coefficient (Wildman–Crippen LogP) is 4.39. The molecule has 0 aliphatic heterocycles. The van der Waals surface area contributed by atoms with Crippen molar-refractivity contribution < 1.29 is 22.6 Å². The normalized spacial score (nSPS) is 13.7. The molecule has 10 heteroatoms. The van der Waals surface area contributed by atoms with Gasteiger partial charge in [0.1, 0.15) is 35.8 Å². The molecule has 0 amide bonds. The average Bonchev–Trinajstić information content (AvgIpc) is 3.58. The van der Waals surface area contributed by atoms with E-state index in [1.165, 1.54) is 12.1 Å². The van der Waals surface area contributed by atoms with Gasteiger partial charge in [-0.1, -0.05) is 6.07 Å². The lowest BCUT2D eigenvalue weighted by atomic mass is 10.1. The fourth-order valence-corrected chi connectivity index (χ4v) is 3.12. The number of aromatic nitrogens is 3. The third-order valence-electron chi connectivity index (χ3n) is 4.78. The van der Waals surface area contributed by atoms with Crippen LogP contribution in [0.15, 0.2) is 30.3 Å². The Morgan fingerprint density at radius 2 is 1.97 bits per heavy atom. The second-order valence-electron chi connectivity index (χ2n) is 7.38. The number of aryl methyl sites for hydroxylation is 1. The quantitative estimate of drug-likeness (QED) is 0.516. The smallest absolute Gasteiger partial charge is 0.433 e. The van der Waals surface area contributed by atoms with Gasteiger partial charge in [0.15, 0.2) is 0 Å². The molecular formula is C22H20F3N5O2. The lowest BCUT2D eigenvalue weighted by Crippen LogP contribution is -2.12. The number of nitrogens with zero attached hydrogens (tertiary/aromatic N) is 4. The van der Waals surface area contributed by atoms with Crippen LogP contribution >= 0.6 is 0 Å². The first-order valence-electron chi connectivity index (χ1n) is 10.1. The lowest BCUT2D eigenvalue weighted by Gasteiger charge is -2.13. The second kappa shape index (κ2) is 8.96. The fraction of sp³-hybridized carbons (Fsp3) is 0.364. The predicted molar refractivity (Wildman–Crippen MR) is 110 cm³/mol. The van der Waals surface area contributed by atoms with Gasteiger partial charge in [0.2, 0.25) is 0 Å². The van der Waals surface area contributed by atoms with Crippen molar-refractivity contribution in [1.82, 2.24) is 15.0 Å². The van der Waals surface area contributed by atoms with Gasteiger partial charge < -0.3 is 14.8 Å². The highest BCUT2D eigenvalue weighted by molar-refractivity contribution is 5.91. The number of rotatable bonds is 8. The van der Waals surface area contributed by atoms with E-state index in [0.29, 0.717) is 53.2 Å². The van der Waals surface area contributed by atoms with E-state index >= 15 is 0 Å². The van der Waals surface area contributed by atoms with Crippen LogP contribution in [-0.2, 0) is 17.5 Å². The summed E-state index contributed by atoms with van der Waals surface area (Å²) in [6.45, 7) is 2.43. The van der Waals surface area contributed by atoms with Crippen LogP contribution in [-0.4, -0.2) is 34.3 Å². The summed E-state index contributed by atoms with van der Waals surface area (Å²) in [5.41, 5.74) is 0.109. The summed E-state index contributed by atoms with van der Waals surface area (Å²) in [6.07, 6.45) is -2.09. The largest absolute Gasteiger partial charge is 0.490 e. The minimum atomic E-state index is -4.52. The molecule has 1 aromatic carbocycles. The van der Waals surface area contributed by atoms with Crippen LogP contribution in [0, 0.1) is 18.3 Å². The number of fused-ring (bicyclic) bond motifs is 1. The number of pyridine rings is 1. The first kappa shape index (κ1) is 21.8. The molecular weight excluding hydrogens is 423 g/mol. The highest BCUT2D eigenvalue weighted by Crippen LogP contribution is 2.30. The molecule has 1 aliphatic carbocycles. The van der Waals surface area contributed by atoms with E-state index in [-0.39, 0.29) is 12.2 Å². The molecule has 1 N–H and O–H groups in total. The molecule has 0 bridgehead atoms. The number of ether oxygens (including phenoxy) is 2. The Morgan fingerprint density at radius 3 is 2.69 bits per heavy atom. The molecule has 0 saturated heterocycles. The van der Waals surface area contributed by atoms with Gasteiger partial charge in [0.25, 0.3) is 0 Å². The van der Waals surface area contributed by atoms with Crippen molar-refractivity contribution in [3.8, 4) is 11.8 Å². The molecule has 0 spiro atoms. The molecule has 32 heavy (non-hydrogen) atoms. The number of hydrogen-bond acceptors (Lipinski definition) is 7. The van der Waals surface area contributed by atoms with Crippen LogP contribution in [0.2, 0.25) is 0 Å². The van der Waals surface area contributed by atoms with Crippen LogP contribution in [0.4, 0.5) is 19.0 Å². The number of nitriles is 1. The van der Waals surface area contributed by atoms with Gasteiger partial charge in [-0.25, -0.2) is 15.0 Å². The molecule has 1 aliphatic rings.